The minimum Gasteiger partial charge on any atom is -0.299 e. The van der Waals surface area contributed by atoms with E-state index in [1.54, 1.807) is 13.0 Å². The Morgan fingerprint density at radius 2 is 2.13 bits per heavy atom. The van der Waals surface area contributed by atoms with Gasteiger partial charge < -0.3 is 0 Å². The fourth-order valence-electron chi connectivity index (χ4n) is 1.18. The molecule has 80 valence electrons. The third kappa shape index (κ3) is 2.53. The summed E-state index contributed by atoms with van der Waals surface area (Å²) in [7, 11) is 0. The molecule has 0 spiro atoms. The first-order valence-corrected chi connectivity index (χ1v) is 4.75. The molecular weight excluding hydrogens is 218 g/mol. The summed E-state index contributed by atoms with van der Waals surface area (Å²) in [5.41, 5.74) is 0.550. The Hall–Kier alpha value is -1.42. The number of nitro benzene ring substituents is 1. The van der Waals surface area contributed by atoms with Crippen molar-refractivity contribution in [3.63, 3.8) is 0 Å². The second kappa shape index (κ2) is 4.40. The summed E-state index contributed by atoms with van der Waals surface area (Å²) in [6.45, 7) is 3.21. The number of hydrogen-bond donors (Lipinski definition) is 0. The smallest absolute Gasteiger partial charge is 0.287 e. The number of carbonyl (C=O) groups is 1. The van der Waals surface area contributed by atoms with Gasteiger partial charge in [-0.1, -0.05) is 24.6 Å². The molecular formula is C10H10ClNO3. The van der Waals surface area contributed by atoms with Crippen molar-refractivity contribution < 1.29 is 9.72 Å². The Morgan fingerprint density at radius 1 is 1.53 bits per heavy atom. The third-order valence-electron chi connectivity index (χ3n) is 2.28. The summed E-state index contributed by atoms with van der Waals surface area (Å²) < 4.78 is 0. The van der Waals surface area contributed by atoms with Crippen LogP contribution in [0.2, 0.25) is 5.02 Å². The summed E-state index contributed by atoms with van der Waals surface area (Å²) in [4.78, 5) is 21.0. The van der Waals surface area contributed by atoms with Crippen LogP contribution in [-0.2, 0) is 4.79 Å². The van der Waals surface area contributed by atoms with Crippen LogP contribution in [0.1, 0.15) is 25.3 Å². The fourth-order valence-corrected chi connectivity index (χ4v) is 1.43. The molecule has 0 radical (unpaired) electrons. The van der Waals surface area contributed by atoms with Gasteiger partial charge in [-0.05, 0) is 18.6 Å². The van der Waals surface area contributed by atoms with Gasteiger partial charge in [0.05, 0.1) is 4.92 Å². The van der Waals surface area contributed by atoms with E-state index in [0.717, 1.165) is 0 Å². The van der Waals surface area contributed by atoms with Gasteiger partial charge in [-0.3, -0.25) is 14.9 Å². The highest BCUT2D eigenvalue weighted by atomic mass is 35.5. The van der Waals surface area contributed by atoms with Crippen LogP contribution in [0.25, 0.3) is 0 Å². The summed E-state index contributed by atoms with van der Waals surface area (Å²) >= 11 is 5.72. The molecule has 0 N–H and O–H groups in total. The van der Waals surface area contributed by atoms with Crippen molar-refractivity contribution >= 4 is 23.1 Å². The van der Waals surface area contributed by atoms with Crippen molar-refractivity contribution in [1.82, 2.24) is 0 Å². The molecule has 1 aromatic carbocycles. The summed E-state index contributed by atoms with van der Waals surface area (Å²) in [6.07, 6.45) is 0. The normalized spacial score (nSPS) is 12.2. The molecule has 15 heavy (non-hydrogen) atoms. The quantitative estimate of drug-likeness (QED) is 0.589. The van der Waals surface area contributed by atoms with Crippen molar-refractivity contribution in [1.29, 1.82) is 0 Å². The Morgan fingerprint density at radius 3 is 2.53 bits per heavy atom. The van der Waals surface area contributed by atoms with Gasteiger partial charge in [0.2, 0.25) is 0 Å². The molecule has 0 fully saturated rings. The van der Waals surface area contributed by atoms with E-state index in [1.165, 1.54) is 19.1 Å². The molecule has 0 saturated heterocycles. The minimum absolute atomic E-state index is 0.0000743. The molecule has 0 aliphatic rings. The fraction of sp³-hybridized carbons (Fsp3) is 0.300. The first-order chi connectivity index (χ1) is 6.93. The number of benzene rings is 1. The SMILES string of the molecule is CC(=O)C(C)c1ccc([N+](=O)[O-])c(Cl)c1. The average molecular weight is 228 g/mol. The maximum Gasteiger partial charge on any atom is 0.287 e. The Kier molecular flexibility index (Phi) is 3.42. The molecule has 0 heterocycles. The van der Waals surface area contributed by atoms with Gasteiger partial charge in [-0.25, -0.2) is 0 Å². The topological polar surface area (TPSA) is 60.2 Å². The molecule has 1 atom stereocenters. The molecule has 5 heteroatoms. The van der Waals surface area contributed by atoms with Gasteiger partial charge in [0.15, 0.2) is 0 Å². The molecule has 0 aliphatic carbocycles. The molecule has 1 aromatic rings. The van der Waals surface area contributed by atoms with Crippen molar-refractivity contribution in [2.75, 3.05) is 0 Å². The number of Topliss-reactive ketones (excluding diaryl/α,β-unsaturated/α-hetero) is 1. The first kappa shape index (κ1) is 11.7. The zero-order valence-corrected chi connectivity index (χ0v) is 9.12. The van der Waals surface area contributed by atoms with Gasteiger partial charge in [0.25, 0.3) is 5.69 Å². The van der Waals surface area contributed by atoms with E-state index >= 15 is 0 Å². The van der Waals surface area contributed by atoms with E-state index in [9.17, 15) is 14.9 Å². The number of rotatable bonds is 3. The maximum atomic E-state index is 11.1. The lowest BCUT2D eigenvalue weighted by Crippen LogP contribution is -2.04. The summed E-state index contributed by atoms with van der Waals surface area (Å²) in [5.74, 6) is -0.289. The first-order valence-electron chi connectivity index (χ1n) is 4.37. The van der Waals surface area contributed by atoms with E-state index in [1.807, 2.05) is 0 Å². The lowest BCUT2D eigenvalue weighted by atomic mass is 9.97. The standard InChI is InChI=1S/C10H10ClNO3/c1-6(7(2)13)8-3-4-10(12(14)15)9(11)5-8/h3-6H,1-2H3. The third-order valence-corrected chi connectivity index (χ3v) is 2.58. The highest BCUT2D eigenvalue weighted by molar-refractivity contribution is 6.32. The van der Waals surface area contributed by atoms with Crippen molar-refractivity contribution in [3.8, 4) is 0 Å². The molecule has 1 rings (SSSR count). The average Bonchev–Trinajstić information content (AvgIpc) is 2.15. The number of nitro groups is 1. The predicted molar refractivity (Wildman–Crippen MR) is 57.2 cm³/mol. The highest BCUT2D eigenvalue weighted by Crippen LogP contribution is 2.28. The van der Waals surface area contributed by atoms with E-state index < -0.39 is 4.92 Å². The molecule has 0 bridgehead atoms. The number of halogens is 1. The maximum absolute atomic E-state index is 11.1. The second-order valence-electron chi connectivity index (χ2n) is 3.30. The van der Waals surface area contributed by atoms with Gasteiger partial charge in [0, 0.05) is 12.0 Å². The van der Waals surface area contributed by atoms with E-state index in [0.29, 0.717) is 5.56 Å². The van der Waals surface area contributed by atoms with E-state index in [-0.39, 0.29) is 22.4 Å². The Bertz CT molecular complexity index is 417. The molecule has 0 aliphatic heterocycles. The van der Waals surface area contributed by atoms with Crippen LogP contribution in [0.3, 0.4) is 0 Å². The van der Waals surface area contributed by atoms with E-state index in [4.69, 9.17) is 11.6 Å². The largest absolute Gasteiger partial charge is 0.299 e. The monoisotopic (exact) mass is 227 g/mol. The minimum atomic E-state index is -0.551. The van der Waals surface area contributed by atoms with Crippen molar-refractivity contribution in [3.05, 3.63) is 38.9 Å². The van der Waals surface area contributed by atoms with Crippen LogP contribution in [-0.4, -0.2) is 10.7 Å². The van der Waals surface area contributed by atoms with Crippen LogP contribution in [0.4, 0.5) is 5.69 Å². The number of ketones is 1. The molecule has 0 aromatic heterocycles. The number of carbonyl (C=O) groups excluding carboxylic acids is 1. The molecule has 0 amide bonds. The molecule has 4 nitrogen and oxygen atoms in total. The summed E-state index contributed by atoms with van der Waals surface area (Å²) in [6, 6.07) is 4.33. The van der Waals surface area contributed by atoms with Crippen LogP contribution in [0.15, 0.2) is 18.2 Å². The predicted octanol–water partition coefficient (Wildman–Crippen LogP) is 2.94. The van der Waals surface area contributed by atoms with Crippen LogP contribution in [0.5, 0.6) is 0 Å². The summed E-state index contributed by atoms with van der Waals surface area (Å²) in [5, 5.41) is 10.6. The zero-order valence-electron chi connectivity index (χ0n) is 8.36. The molecule has 0 saturated carbocycles. The molecule has 1 unspecified atom stereocenters. The van der Waals surface area contributed by atoms with Crippen molar-refractivity contribution in [2.24, 2.45) is 0 Å². The van der Waals surface area contributed by atoms with Gasteiger partial charge in [-0.15, -0.1) is 0 Å². The zero-order chi connectivity index (χ0) is 11.6. The second-order valence-corrected chi connectivity index (χ2v) is 3.71. The van der Waals surface area contributed by atoms with Crippen molar-refractivity contribution in [2.45, 2.75) is 19.8 Å². The van der Waals surface area contributed by atoms with Crippen LogP contribution < -0.4 is 0 Å². The van der Waals surface area contributed by atoms with Gasteiger partial charge >= 0.3 is 0 Å². The highest BCUT2D eigenvalue weighted by Gasteiger charge is 2.16. The Labute approximate surface area is 92.0 Å². The van der Waals surface area contributed by atoms with Crippen LogP contribution in [0, 0.1) is 10.1 Å². The number of nitrogens with zero attached hydrogens (tertiary/aromatic N) is 1. The van der Waals surface area contributed by atoms with Crippen LogP contribution >= 0.6 is 11.6 Å². The Balaban J connectivity index is 3.12. The van der Waals surface area contributed by atoms with E-state index in [2.05, 4.69) is 0 Å². The number of hydrogen-bond acceptors (Lipinski definition) is 3. The lowest BCUT2D eigenvalue weighted by molar-refractivity contribution is -0.384. The van der Waals surface area contributed by atoms with Gasteiger partial charge in [-0.2, -0.15) is 0 Å². The van der Waals surface area contributed by atoms with Gasteiger partial charge in [0.1, 0.15) is 10.8 Å². The lowest BCUT2D eigenvalue weighted by Gasteiger charge is -2.07.